The van der Waals surface area contributed by atoms with Crippen LogP contribution in [0.1, 0.15) is 19.3 Å². The first kappa shape index (κ1) is 8.21. The van der Waals surface area contributed by atoms with E-state index < -0.39 is 10.8 Å². The zero-order chi connectivity index (χ0) is 7.23. The summed E-state index contributed by atoms with van der Waals surface area (Å²) in [7, 11) is -0.423. The molecule has 60 valence electrons. The predicted molar refractivity (Wildman–Crippen MR) is 44.6 cm³/mol. The largest absolute Gasteiger partial charge is 0.317 e. The van der Waals surface area contributed by atoms with E-state index in [0.29, 0.717) is 0 Å². The van der Waals surface area contributed by atoms with Crippen LogP contribution in [0.15, 0.2) is 0 Å². The van der Waals surface area contributed by atoms with Gasteiger partial charge in [0.05, 0.1) is 0 Å². The second kappa shape index (κ2) is 4.85. The van der Waals surface area contributed by atoms with Crippen LogP contribution < -0.4 is 5.32 Å². The highest BCUT2D eigenvalue weighted by Gasteiger charge is 2.05. The van der Waals surface area contributed by atoms with Crippen molar-refractivity contribution in [1.29, 1.82) is 0 Å². The first-order valence-electron chi connectivity index (χ1n) is 3.95. The normalized spacial score (nSPS) is 24.8. The fraction of sp³-hybridized carbons (Fsp3) is 1.00. The molecule has 3 heteroatoms. The SMILES string of the molecule is C1CNC1.O=S1CCCC1. The lowest BCUT2D eigenvalue weighted by molar-refractivity contribution is 0.527. The molecular weight excluding hydrogens is 146 g/mol. The molecule has 0 aliphatic carbocycles. The maximum absolute atomic E-state index is 10.4. The van der Waals surface area contributed by atoms with E-state index in [4.69, 9.17) is 0 Å². The molecule has 0 spiro atoms. The van der Waals surface area contributed by atoms with Gasteiger partial charge in [-0.15, -0.1) is 0 Å². The Morgan fingerprint density at radius 1 is 1.00 bits per heavy atom. The molecule has 2 aliphatic heterocycles. The molecule has 0 amide bonds. The summed E-state index contributed by atoms with van der Waals surface area (Å²) in [6, 6.07) is 0. The number of hydrogen-bond donors (Lipinski definition) is 1. The van der Waals surface area contributed by atoms with Crippen molar-refractivity contribution in [2.24, 2.45) is 0 Å². The van der Waals surface area contributed by atoms with E-state index in [2.05, 4.69) is 5.32 Å². The van der Waals surface area contributed by atoms with E-state index in [0.717, 1.165) is 11.5 Å². The lowest BCUT2D eigenvalue weighted by Gasteiger charge is -2.09. The molecule has 2 rings (SSSR count). The smallest absolute Gasteiger partial charge is 0.0235 e. The van der Waals surface area contributed by atoms with E-state index in [1.54, 1.807) is 0 Å². The highest BCUT2D eigenvalue weighted by Crippen LogP contribution is 2.03. The molecule has 1 N–H and O–H groups in total. The molecule has 0 saturated carbocycles. The monoisotopic (exact) mass is 161 g/mol. The van der Waals surface area contributed by atoms with Crippen molar-refractivity contribution in [3.8, 4) is 0 Å². The standard InChI is InChI=1S/C4H8OS.C3H7N/c5-6-3-1-2-4-6;1-2-4-3-1/h1-4H2;4H,1-3H2. The molecular formula is C7H15NOS. The van der Waals surface area contributed by atoms with Gasteiger partial charge in [-0.05, 0) is 32.4 Å². The van der Waals surface area contributed by atoms with E-state index in [-0.39, 0.29) is 0 Å². The third-order valence-electron chi connectivity index (χ3n) is 1.70. The van der Waals surface area contributed by atoms with Crippen LogP contribution in [0.4, 0.5) is 0 Å². The van der Waals surface area contributed by atoms with Gasteiger partial charge in [0, 0.05) is 22.3 Å². The lowest BCUT2D eigenvalue weighted by atomic mass is 10.3. The second-order valence-electron chi connectivity index (χ2n) is 2.66. The Labute approximate surface area is 64.8 Å². The van der Waals surface area contributed by atoms with Gasteiger partial charge in [0.2, 0.25) is 0 Å². The summed E-state index contributed by atoms with van der Waals surface area (Å²) < 4.78 is 10.4. The van der Waals surface area contributed by atoms with Gasteiger partial charge in [-0.2, -0.15) is 0 Å². The van der Waals surface area contributed by atoms with Gasteiger partial charge >= 0.3 is 0 Å². The summed E-state index contributed by atoms with van der Waals surface area (Å²) in [6.45, 7) is 2.50. The first-order valence-corrected chi connectivity index (χ1v) is 5.44. The highest BCUT2D eigenvalue weighted by atomic mass is 32.2. The van der Waals surface area contributed by atoms with Gasteiger partial charge in [-0.25, -0.2) is 0 Å². The van der Waals surface area contributed by atoms with Crippen LogP contribution in [0.5, 0.6) is 0 Å². The fourth-order valence-corrected chi connectivity index (χ4v) is 2.06. The Morgan fingerprint density at radius 2 is 1.40 bits per heavy atom. The Balaban J connectivity index is 0.000000108. The summed E-state index contributed by atoms with van der Waals surface area (Å²) in [4.78, 5) is 0. The van der Waals surface area contributed by atoms with Gasteiger partial charge in [0.15, 0.2) is 0 Å². The summed E-state index contributed by atoms with van der Waals surface area (Å²) in [5.74, 6) is 1.92. The molecule has 2 aliphatic rings. The van der Waals surface area contributed by atoms with Crippen LogP contribution in [0.3, 0.4) is 0 Å². The fourth-order valence-electron chi connectivity index (χ4n) is 0.805. The topological polar surface area (TPSA) is 29.1 Å². The zero-order valence-corrected chi connectivity index (χ0v) is 7.08. The summed E-state index contributed by atoms with van der Waals surface area (Å²) in [5, 5.41) is 3.11. The molecule has 0 aromatic heterocycles. The van der Waals surface area contributed by atoms with E-state index in [1.165, 1.54) is 32.4 Å². The summed E-state index contributed by atoms with van der Waals surface area (Å²) >= 11 is 0. The Kier molecular flexibility index (Phi) is 3.98. The molecule has 0 aromatic rings. The van der Waals surface area contributed by atoms with Crippen LogP contribution in [-0.4, -0.2) is 28.8 Å². The third-order valence-corrected chi connectivity index (χ3v) is 3.19. The maximum atomic E-state index is 10.4. The second-order valence-corrected chi connectivity index (χ2v) is 4.35. The van der Waals surface area contributed by atoms with E-state index in [9.17, 15) is 4.21 Å². The molecule has 0 bridgehead atoms. The minimum Gasteiger partial charge on any atom is -0.317 e. The lowest BCUT2D eigenvalue weighted by Crippen LogP contribution is -2.29. The van der Waals surface area contributed by atoms with Crippen molar-refractivity contribution < 1.29 is 4.21 Å². The van der Waals surface area contributed by atoms with Crippen molar-refractivity contribution in [3.63, 3.8) is 0 Å². The van der Waals surface area contributed by atoms with Crippen molar-refractivity contribution in [2.45, 2.75) is 19.3 Å². The number of nitrogens with one attached hydrogen (secondary N) is 1. The van der Waals surface area contributed by atoms with Crippen LogP contribution >= 0.6 is 0 Å². The number of rotatable bonds is 0. The summed E-state index contributed by atoms with van der Waals surface area (Å²) in [5.41, 5.74) is 0. The maximum Gasteiger partial charge on any atom is 0.0235 e. The van der Waals surface area contributed by atoms with Crippen LogP contribution in [0.25, 0.3) is 0 Å². The first-order chi connectivity index (χ1) is 4.89. The van der Waals surface area contributed by atoms with E-state index >= 15 is 0 Å². The Bertz CT molecular complexity index is 100. The molecule has 2 fully saturated rings. The molecule has 2 nitrogen and oxygen atoms in total. The quantitative estimate of drug-likeness (QED) is 0.561. The van der Waals surface area contributed by atoms with Gasteiger partial charge in [0.1, 0.15) is 0 Å². The number of hydrogen-bond acceptors (Lipinski definition) is 2. The minimum atomic E-state index is -0.423. The molecule has 0 aromatic carbocycles. The Morgan fingerprint density at radius 3 is 1.50 bits per heavy atom. The van der Waals surface area contributed by atoms with Crippen LogP contribution in [-0.2, 0) is 10.8 Å². The third kappa shape index (κ3) is 3.32. The molecule has 0 unspecified atom stereocenters. The average Bonchev–Trinajstić information content (AvgIpc) is 2.12. The molecule has 0 radical (unpaired) electrons. The molecule has 10 heavy (non-hydrogen) atoms. The minimum absolute atomic E-state index is 0.423. The van der Waals surface area contributed by atoms with Gasteiger partial charge in [0.25, 0.3) is 0 Å². The van der Waals surface area contributed by atoms with Crippen molar-refractivity contribution >= 4 is 10.8 Å². The molecule has 2 heterocycles. The van der Waals surface area contributed by atoms with Crippen molar-refractivity contribution in [1.82, 2.24) is 5.32 Å². The average molecular weight is 161 g/mol. The molecule has 2 saturated heterocycles. The molecule has 0 atom stereocenters. The van der Waals surface area contributed by atoms with E-state index in [1.807, 2.05) is 0 Å². The highest BCUT2D eigenvalue weighted by molar-refractivity contribution is 7.85. The Hall–Kier alpha value is 0.110. The van der Waals surface area contributed by atoms with Crippen LogP contribution in [0.2, 0.25) is 0 Å². The van der Waals surface area contributed by atoms with Crippen LogP contribution in [0, 0.1) is 0 Å². The van der Waals surface area contributed by atoms with Crippen molar-refractivity contribution in [3.05, 3.63) is 0 Å². The van der Waals surface area contributed by atoms with Gasteiger partial charge in [-0.1, -0.05) is 0 Å². The van der Waals surface area contributed by atoms with Gasteiger partial charge in [-0.3, -0.25) is 4.21 Å². The predicted octanol–water partition coefficient (Wildman–Crippen LogP) is 0.509. The van der Waals surface area contributed by atoms with Crippen molar-refractivity contribution in [2.75, 3.05) is 24.6 Å². The summed E-state index contributed by atoms with van der Waals surface area (Å²) in [6.07, 6.45) is 3.76. The zero-order valence-electron chi connectivity index (χ0n) is 6.27. The van der Waals surface area contributed by atoms with Gasteiger partial charge < -0.3 is 5.32 Å².